The molecule has 4 nitrogen and oxygen atoms in total. The van der Waals surface area contributed by atoms with Crippen LogP contribution in [0.4, 0.5) is 10.5 Å². The van der Waals surface area contributed by atoms with E-state index in [1.807, 2.05) is 18.2 Å². The van der Waals surface area contributed by atoms with Crippen molar-refractivity contribution in [3.63, 3.8) is 0 Å². The number of aliphatic hydroxyl groups is 1. The molecular weight excluding hydrogens is 296 g/mol. The van der Waals surface area contributed by atoms with Crippen LogP contribution in [-0.4, -0.2) is 35.2 Å². The first kappa shape index (κ1) is 15.1. The van der Waals surface area contributed by atoms with Crippen molar-refractivity contribution in [2.45, 2.75) is 25.8 Å². The molecule has 0 unspecified atom stereocenters. The third-order valence-electron chi connectivity index (χ3n) is 4.09. The highest BCUT2D eigenvalue weighted by Crippen LogP contribution is 2.30. The van der Waals surface area contributed by atoms with E-state index >= 15 is 0 Å². The first-order chi connectivity index (χ1) is 10.7. The van der Waals surface area contributed by atoms with Gasteiger partial charge >= 0.3 is 6.03 Å². The maximum atomic E-state index is 12.4. The number of nitrogens with zero attached hydrogens (tertiary/aromatic N) is 1. The standard InChI is InChI=1S/C17H20N2O2S/c1-12-7-9-22-16(12)13-4-2-5-14(10-13)18-17(21)19-8-3-6-15(19)11-20/h2,4-5,7,9-10,15,20H,3,6,8,11H2,1H3,(H,18,21)/t15-/m1/s1. The molecule has 2 amide bonds. The van der Waals surface area contributed by atoms with Gasteiger partial charge in [0, 0.05) is 17.1 Å². The number of benzene rings is 1. The van der Waals surface area contributed by atoms with Crippen LogP contribution in [0.2, 0.25) is 0 Å². The van der Waals surface area contributed by atoms with Crippen LogP contribution in [0.3, 0.4) is 0 Å². The number of carbonyl (C=O) groups is 1. The number of nitrogens with one attached hydrogen (secondary N) is 1. The van der Waals surface area contributed by atoms with E-state index in [-0.39, 0.29) is 18.7 Å². The number of urea groups is 1. The summed E-state index contributed by atoms with van der Waals surface area (Å²) in [6, 6.07) is 9.83. The Labute approximate surface area is 134 Å². The molecule has 1 saturated heterocycles. The number of rotatable bonds is 3. The summed E-state index contributed by atoms with van der Waals surface area (Å²) in [4.78, 5) is 15.3. The number of hydrogen-bond donors (Lipinski definition) is 2. The van der Waals surface area contributed by atoms with E-state index in [2.05, 4.69) is 29.8 Å². The van der Waals surface area contributed by atoms with E-state index in [0.717, 1.165) is 24.1 Å². The lowest BCUT2D eigenvalue weighted by atomic mass is 10.1. The molecule has 5 heteroatoms. The predicted molar refractivity (Wildman–Crippen MR) is 90.3 cm³/mol. The molecular formula is C17H20N2O2S. The molecule has 2 aromatic rings. The van der Waals surface area contributed by atoms with Crippen molar-refractivity contribution in [1.82, 2.24) is 4.90 Å². The summed E-state index contributed by atoms with van der Waals surface area (Å²) in [5.41, 5.74) is 3.15. The average molecular weight is 316 g/mol. The molecule has 3 rings (SSSR count). The number of thiophene rings is 1. The van der Waals surface area contributed by atoms with Crippen molar-refractivity contribution in [1.29, 1.82) is 0 Å². The highest BCUT2D eigenvalue weighted by Gasteiger charge is 2.28. The van der Waals surface area contributed by atoms with Crippen LogP contribution < -0.4 is 5.32 Å². The van der Waals surface area contributed by atoms with Crippen LogP contribution in [0.15, 0.2) is 35.7 Å². The van der Waals surface area contributed by atoms with E-state index in [4.69, 9.17) is 0 Å². The summed E-state index contributed by atoms with van der Waals surface area (Å²) in [5, 5.41) is 14.4. The third-order valence-corrected chi connectivity index (χ3v) is 5.15. The molecule has 1 aliphatic heterocycles. The summed E-state index contributed by atoms with van der Waals surface area (Å²) in [6.45, 7) is 2.83. The van der Waals surface area contributed by atoms with Crippen molar-refractivity contribution in [3.05, 3.63) is 41.3 Å². The minimum absolute atomic E-state index is 0.0296. The van der Waals surface area contributed by atoms with Gasteiger partial charge in [0.25, 0.3) is 0 Å². The Bertz CT molecular complexity index is 668. The van der Waals surface area contributed by atoms with Crippen LogP contribution in [-0.2, 0) is 0 Å². The van der Waals surface area contributed by atoms with Crippen molar-refractivity contribution in [2.75, 3.05) is 18.5 Å². The largest absolute Gasteiger partial charge is 0.394 e. The van der Waals surface area contributed by atoms with Gasteiger partial charge in [0.1, 0.15) is 0 Å². The number of aliphatic hydroxyl groups excluding tert-OH is 1. The topological polar surface area (TPSA) is 52.6 Å². The van der Waals surface area contributed by atoms with Gasteiger partial charge < -0.3 is 15.3 Å². The maximum Gasteiger partial charge on any atom is 0.322 e. The van der Waals surface area contributed by atoms with Gasteiger partial charge in [0.2, 0.25) is 0 Å². The van der Waals surface area contributed by atoms with Crippen molar-refractivity contribution >= 4 is 23.1 Å². The number of aryl methyl sites for hydroxylation is 1. The molecule has 1 atom stereocenters. The average Bonchev–Trinajstić information content (AvgIpc) is 3.15. The molecule has 0 saturated carbocycles. The zero-order chi connectivity index (χ0) is 15.5. The number of anilines is 1. The minimum atomic E-state index is -0.128. The zero-order valence-electron chi connectivity index (χ0n) is 12.6. The molecule has 1 aliphatic rings. The smallest absolute Gasteiger partial charge is 0.322 e. The van der Waals surface area contributed by atoms with Crippen molar-refractivity contribution < 1.29 is 9.90 Å². The summed E-state index contributed by atoms with van der Waals surface area (Å²) < 4.78 is 0. The monoisotopic (exact) mass is 316 g/mol. The SMILES string of the molecule is Cc1ccsc1-c1cccc(NC(=O)N2CCC[C@@H]2CO)c1. The van der Waals surface area contributed by atoms with E-state index in [1.54, 1.807) is 16.2 Å². The van der Waals surface area contributed by atoms with Gasteiger partial charge in [0.15, 0.2) is 0 Å². The second-order valence-corrected chi connectivity index (χ2v) is 6.53. The van der Waals surface area contributed by atoms with E-state index in [0.29, 0.717) is 6.54 Å². The molecule has 0 bridgehead atoms. The first-order valence-corrected chi connectivity index (χ1v) is 8.40. The van der Waals surface area contributed by atoms with Gasteiger partial charge in [-0.25, -0.2) is 4.79 Å². The first-order valence-electron chi connectivity index (χ1n) is 7.52. The fourth-order valence-electron chi connectivity index (χ4n) is 2.89. The van der Waals surface area contributed by atoms with Crippen molar-refractivity contribution in [3.8, 4) is 10.4 Å². The molecule has 22 heavy (non-hydrogen) atoms. The molecule has 1 aromatic heterocycles. The van der Waals surface area contributed by atoms with E-state index in [1.165, 1.54) is 10.4 Å². The molecule has 0 radical (unpaired) electrons. The van der Waals surface area contributed by atoms with Gasteiger partial charge in [0.05, 0.1) is 12.6 Å². The lowest BCUT2D eigenvalue weighted by molar-refractivity contribution is 0.166. The number of amides is 2. The zero-order valence-corrected chi connectivity index (χ0v) is 13.4. The van der Waals surface area contributed by atoms with E-state index in [9.17, 15) is 9.90 Å². The second-order valence-electron chi connectivity index (χ2n) is 5.62. The lowest BCUT2D eigenvalue weighted by Crippen LogP contribution is -2.40. The molecule has 1 aromatic carbocycles. The summed E-state index contributed by atoms with van der Waals surface area (Å²) in [7, 11) is 0. The van der Waals surface area contributed by atoms with Crippen molar-refractivity contribution in [2.24, 2.45) is 0 Å². The third kappa shape index (κ3) is 3.00. The van der Waals surface area contributed by atoms with E-state index < -0.39 is 0 Å². The Morgan fingerprint density at radius 2 is 2.32 bits per heavy atom. The molecule has 0 aliphatic carbocycles. The number of hydrogen-bond acceptors (Lipinski definition) is 3. The molecule has 0 spiro atoms. The van der Waals surface area contributed by atoms with Gasteiger partial charge in [-0.15, -0.1) is 11.3 Å². The van der Waals surface area contributed by atoms with Crippen LogP contribution in [0, 0.1) is 6.92 Å². The number of carbonyl (C=O) groups excluding carboxylic acids is 1. The summed E-state index contributed by atoms with van der Waals surface area (Å²) >= 11 is 1.70. The van der Waals surface area contributed by atoms with Crippen LogP contribution >= 0.6 is 11.3 Å². The van der Waals surface area contributed by atoms with Gasteiger partial charge in [-0.2, -0.15) is 0 Å². The Morgan fingerprint density at radius 3 is 3.05 bits per heavy atom. The molecule has 116 valence electrons. The van der Waals surface area contributed by atoms with Crippen LogP contribution in [0.25, 0.3) is 10.4 Å². The normalized spacial score (nSPS) is 17.7. The van der Waals surface area contributed by atoms with Gasteiger partial charge in [-0.1, -0.05) is 12.1 Å². The molecule has 2 heterocycles. The second kappa shape index (κ2) is 6.50. The maximum absolute atomic E-state index is 12.4. The molecule has 1 fully saturated rings. The van der Waals surface area contributed by atoms with Gasteiger partial charge in [-0.3, -0.25) is 0 Å². The minimum Gasteiger partial charge on any atom is -0.394 e. The van der Waals surface area contributed by atoms with Crippen LogP contribution in [0.5, 0.6) is 0 Å². The molecule has 2 N–H and O–H groups in total. The Morgan fingerprint density at radius 1 is 1.45 bits per heavy atom. The highest BCUT2D eigenvalue weighted by atomic mass is 32.1. The predicted octanol–water partition coefficient (Wildman–Crippen LogP) is 3.71. The quantitative estimate of drug-likeness (QED) is 0.907. The van der Waals surface area contributed by atoms with Gasteiger partial charge in [-0.05, 0) is 54.5 Å². The Balaban J connectivity index is 1.76. The summed E-state index contributed by atoms with van der Waals surface area (Å²) in [6.07, 6.45) is 1.82. The lowest BCUT2D eigenvalue weighted by Gasteiger charge is -2.23. The fraction of sp³-hybridized carbons (Fsp3) is 0.353. The number of likely N-dealkylation sites (tertiary alicyclic amines) is 1. The van der Waals surface area contributed by atoms with Crippen LogP contribution in [0.1, 0.15) is 18.4 Å². The highest BCUT2D eigenvalue weighted by molar-refractivity contribution is 7.13. The fourth-order valence-corrected chi connectivity index (χ4v) is 3.82. The Hall–Kier alpha value is -1.85. The Kier molecular flexibility index (Phi) is 4.45. The summed E-state index contributed by atoms with van der Waals surface area (Å²) in [5.74, 6) is 0.